The van der Waals surface area contributed by atoms with Gasteiger partial charge in [-0.2, -0.15) is 0 Å². The summed E-state index contributed by atoms with van der Waals surface area (Å²) < 4.78 is 4.68. The van der Waals surface area contributed by atoms with Crippen molar-refractivity contribution in [1.82, 2.24) is 16.0 Å². The molecule has 0 aliphatic rings. The standard InChI is InChI=1S/C15H18ClN3O5/c1-2-17-12(20)7-18-13(21)9-24-14(22)8-19-15(23)10-3-5-11(16)6-4-10/h3-6H,2,7-9H2,1H3,(H,17,20)(H,18,21)(H,19,23). The molecule has 3 N–H and O–H groups in total. The molecule has 0 saturated carbocycles. The van der Waals surface area contributed by atoms with E-state index in [1.165, 1.54) is 12.1 Å². The highest BCUT2D eigenvalue weighted by molar-refractivity contribution is 6.30. The first kappa shape index (κ1) is 19.4. The normalized spacial score (nSPS) is 9.75. The van der Waals surface area contributed by atoms with Crippen molar-refractivity contribution in [2.75, 3.05) is 26.2 Å². The lowest BCUT2D eigenvalue weighted by Crippen LogP contribution is -2.39. The van der Waals surface area contributed by atoms with Crippen LogP contribution in [-0.4, -0.2) is 49.9 Å². The minimum absolute atomic E-state index is 0.197. The van der Waals surface area contributed by atoms with E-state index in [0.29, 0.717) is 17.1 Å². The van der Waals surface area contributed by atoms with Crippen LogP contribution in [0.4, 0.5) is 0 Å². The molecule has 0 aliphatic heterocycles. The summed E-state index contributed by atoms with van der Waals surface area (Å²) in [6.45, 7) is 1.09. The molecule has 9 heteroatoms. The lowest BCUT2D eigenvalue weighted by molar-refractivity contribution is -0.147. The Labute approximate surface area is 143 Å². The van der Waals surface area contributed by atoms with Crippen molar-refractivity contribution in [2.45, 2.75) is 6.92 Å². The summed E-state index contributed by atoms with van der Waals surface area (Å²) in [5.74, 6) is -2.19. The van der Waals surface area contributed by atoms with E-state index in [1.807, 2.05) is 0 Å². The van der Waals surface area contributed by atoms with Gasteiger partial charge in [0.15, 0.2) is 6.61 Å². The monoisotopic (exact) mass is 355 g/mol. The van der Waals surface area contributed by atoms with E-state index in [0.717, 1.165) is 0 Å². The highest BCUT2D eigenvalue weighted by Gasteiger charge is 2.11. The van der Waals surface area contributed by atoms with Crippen LogP contribution in [0.1, 0.15) is 17.3 Å². The van der Waals surface area contributed by atoms with Crippen molar-refractivity contribution in [2.24, 2.45) is 0 Å². The summed E-state index contributed by atoms with van der Waals surface area (Å²) in [5, 5.41) is 7.64. The number of amides is 3. The van der Waals surface area contributed by atoms with Crippen molar-refractivity contribution < 1.29 is 23.9 Å². The quantitative estimate of drug-likeness (QED) is 0.562. The van der Waals surface area contributed by atoms with Crippen molar-refractivity contribution in [1.29, 1.82) is 0 Å². The zero-order valence-electron chi connectivity index (χ0n) is 13.1. The Balaban J connectivity index is 2.24. The average Bonchev–Trinajstić information content (AvgIpc) is 2.56. The van der Waals surface area contributed by atoms with Crippen LogP contribution in [0.15, 0.2) is 24.3 Å². The molecule has 1 rings (SSSR count). The van der Waals surface area contributed by atoms with Crippen LogP contribution >= 0.6 is 11.6 Å². The van der Waals surface area contributed by atoms with Crippen molar-refractivity contribution in [3.8, 4) is 0 Å². The van der Waals surface area contributed by atoms with Crippen LogP contribution in [0.25, 0.3) is 0 Å². The average molecular weight is 356 g/mol. The van der Waals surface area contributed by atoms with Crippen molar-refractivity contribution in [3.05, 3.63) is 34.9 Å². The number of hydrogen-bond donors (Lipinski definition) is 3. The fourth-order valence-corrected chi connectivity index (χ4v) is 1.67. The summed E-state index contributed by atoms with van der Waals surface area (Å²) in [7, 11) is 0. The second-order valence-electron chi connectivity index (χ2n) is 4.58. The third kappa shape index (κ3) is 7.59. The second-order valence-corrected chi connectivity index (χ2v) is 5.02. The highest BCUT2D eigenvalue weighted by atomic mass is 35.5. The Bertz CT molecular complexity index is 604. The molecule has 0 unspecified atom stereocenters. The van der Waals surface area contributed by atoms with Crippen LogP contribution in [0.5, 0.6) is 0 Å². The van der Waals surface area contributed by atoms with Gasteiger partial charge in [0.05, 0.1) is 6.54 Å². The molecule has 0 atom stereocenters. The summed E-state index contributed by atoms with van der Waals surface area (Å²) in [6.07, 6.45) is 0. The molecule has 0 spiro atoms. The molecule has 1 aromatic carbocycles. The topological polar surface area (TPSA) is 114 Å². The Morgan fingerprint density at radius 3 is 2.25 bits per heavy atom. The van der Waals surface area contributed by atoms with Gasteiger partial charge >= 0.3 is 5.97 Å². The third-order valence-electron chi connectivity index (χ3n) is 2.68. The van der Waals surface area contributed by atoms with Gasteiger partial charge in [-0.1, -0.05) is 11.6 Å². The number of halogens is 1. The lowest BCUT2D eigenvalue weighted by atomic mass is 10.2. The number of hydrogen-bond acceptors (Lipinski definition) is 5. The molecule has 0 saturated heterocycles. The molecule has 1 aromatic rings. The second kappa shape index (κ2) is 10.2. The number of likely N-dealkylation sites (N-methyl/N-ethyl adjacent to an activating group) is 1. The molecule has 0 fully saturated rings. The van der Waals surface area contributed by atoms with Crippen LogP contribution < -0.4 is 16.0 Å². The Hall–Kier alpha value is -2.61. The maximum atomic E-state index is 11.8. The van der Waals surface area contributed by atoms with Gasteiger partial charge in [0.2, 0.25) is 5.91 Å². The predicted molar refractivity (Wildman–Crippen MR) is 86.4 cm³/mol. The molecule has 0 bridgehead atoms. The molecule has 3 amide bonds. The van der Waals surface area contributed by atoms with Gasteiger partial charge in [-0.05, 0) is 31.2 Å². The molecule has 0 radical (unpaired) electrons. The van der Waals surface area contributed by atoms with E-state index in [-0.39, 0.29) is 19.0 Å². The van der Waals surface area contributed by atoms with Gasteiger partial charge < -0.3 is 20.7 Å². The molecule has 130 valence electrons. The lowest BCUT2D eigenvalue weighted by Gasteiger charge is -2.07. The van der Waals surface area contributed by atoms with Crippen LogP contribution in [0, 0.1) is 0 Å². The van der Waals surface area contributed by atoms with E-state index in [4.69, 9.17) is 11.6 Å². The Morgan fingerprint density at radius 2 is 1.62 bits per heavy atom. The zero-order chi connectivity index (χ0) is 17.9. The first-order chi connectivity index (χ1) is 11.4. The summed E-state index contributed by atoms with van der Waals surface area (Å²) in [6, 6.07) is 6.12. The summed E-state index contributed by atoms with van der Waals surface area (Å²) in [5.41, 5.74) is 0.340. The molecular formula is C15H18ClN3O5. The van der Waals surface area contributed by atoms with Crippen molar-refractivity contribution in [3.63, 3.8) is 0 Å². The van der Waals surface area contributed by atoms with E-state index in [9.17, 15) is 19.2 Å². The first-order valence-electron chi connectivity index (χ1n) is 7.15. The molecule has 0 heterocycles. The van der Waals surface area contributed by atoms with E-state index in [1.54, 1.807) is 19.1 Å². The predicted octanol–water partition coefficient (Wildman–Crippen LogP) is -0.135. The van der Waals surface area contributed by atoms with E-state index < -0.39 is 24.4 Å². The first-order valence-corrected chi connectivity index (χ1v) is 7.53. The maximum Gasteiger partial charge on any atom is 0.325 e. The number of carbonyl (C=O) groups is 4. The van der Waals surface area contributed by atoms with Gasteiger partial charge in [0.25, 0.3) is 11.8 Å². The summed E-state index contributed by atoms with van der Waals surface area (Å²) >= 11 is 5.71. The van der Waals surface area contributed by atoms with Gasteiger partial charge in [-0.15, -0.1) is 0 Å². The van der Waals surface area contributed by atoms with Gasteiger partial charge in [0.1, 0.15) is 6.54 Å². The van der Waals surface area contributed by atoms with Crippen LogP contribution in [0.3, 0.4) is 0 Å². The van der Waals surface area contributed by atoms with Crippen LogP contribution in [0.2, 0.25) is 5.02 Å². The fraction of sp³-hybridized carbons (Fsp3) is 0.333. The van der Waals surface area contributed by atoms with Crippen molar-refractivity contribution >= 4 is 35.3 Å². The minimum atomic E-state index is -0.773. The molecule has 24 heavy (non-hydrogen) atoms. The third-order valence-corrected chi connectivity index (χ3v) is 2.94. The zero-order valence-corrected chi connectivity index (χ0v) is 13.8. The molecule has 8 nitrogen and oxygen atoms in total. The van der Waals surface area contributed by atoms with E-state index in [2.05, 4.69) is 20.7 Å². The fourth-order valence-electron chi connectivity index (χ4n) is 1.54. The maximum absolute atomic E-state index is 11.8. The molecule has 0 aliphatic carbocycles. The van der Waals surface area contributed by atoms with Gasteiger partial charge in [0, 0.05) is 17.1 Å². The molecule has 0 aromatic heterocycles. The van der Waals surface area contributed by atoms with Crippen LogP contribution in [-0.2, 0) is 19.1 Å². The van der Waals surface area contributed by atoms with E-state index >= 15 is 0 Å². The molecular weight excluding hydrogens is 338 g/mol. The SMILES string of the molecule is CCNC(=O)CNC(=O)COC(=O)CNC(=O)c1ccc(Cl)cc1. The number of ether oxygens (including phenoxy) is 1. The highest BCUT2D eigenvalue weighted by Crippen LogP contribution is 2.09. The summed E-state index contributed by atoms with van der Waals surface area (Å²) in [4.78, 5) is 45.7. The number of esters is 1. The Kier molecular flexibility index (Phi) is 8.28. The number of nitrogens with one attached hydrogen (secondary N) is 3. The number of benzene rings is 1. The smallest absolute Gasteiger partial charge is 0.325 e. The largest absolute Gasteiger partial charge is 0.454 e. The van der Waals surface area contributed by atoms with Gasteiger partial charge in [-0.25, -0.2) is 0 Å². The number of carbonyl (C=O) groups excluding carboxylic acids is 4. The Morgan fingerprint density at radius 1 is 0.958 bits per heavy atom. The number of rotatable bonds is 8. The van der Waals surface area contributed by atoms with Gasteiger partial charge in [-0.3, -0.25) is 19.2 Å². The minimum Gasteiger partial charge on any atom is -0.454 e.